The van der Waals surface area contributed by atoms with E-state index in [4.69, 9.17) is 0 Å². The monoisotopic (exact) mass is 296 g/mol. The first-order chi connectivity index (χ1) is 9.81. The molecule has 1 aromatic heterocycles. The number of benzene rings is 1. The van der Waals surface area contributed by atoms with E-state index >= 15 is 0 Å². The van der Waals surface area contributed by atoms with Crippen LogP contribution in [0, 0.1) is 5.92 Å². The molecule has 0 radical (unpaired) electrons. The van der Waals surface area contributed by atoms with Crippen LogP contribution >= 0.6 is 0 Å². The summed E-state index contributed by atoms with van der Waals surface area (Å²) in [5, 5.41) is 4.12. The zero-order valence-electron chi connectivity index (χ0n) is 11.7. The van der Waals surface area contributed by atoms with Gasteiger partial charge in [-0.2, -0.15) is 18.3 Å². The summed E-state index contributed by atoms with van der Waals surface area (Å²) in [5.41, 5.74) is 0.186. The van der Waals surface area contributed by atoms with Crippen molar-refractivity contribution in [2.24, 2.45) is 5.92 Å². The average molecular weight is 296 g/mol. The molecule has 21 heavy (non-hydrogen) atoms. The number of aldehydes is 1. The predicted octanol–water partition coefficient (Wildman–Crippen LogP) is 4.04. The van der Waals surface area contributed by atoms with Crippen molar-refractivity contribution >= 4 is 6.29 Å². The van der Waals surface area contributed by atoms with Gasteiger partial charge in [0.2, 0.25) is 0 Å². The minimum absolute atomic E-state index is 0.215. The predicted molar refractivity (Wildman–Crippen MR) is 72.9 cm³/mol. The quantitative estimate of drug-likeness (QED) is 0.798. The molecule has 0 saturated heterocycles. The Hall–Kier alpha value is -2.11. The molecule has 0 fully saturated rings. The Balaban J connectivity index is 2.46. The number of hydrogen-bond donors (Lipinski definition) is 0. The smallest absolute Gasteiger partial charge is 0.298 e. The van der Waals surface area contributed by atoms with Gasteiger partial charge in [0.25, 0.3) is 0 Å². The van der Waals surface area contributed by atoms with E-state index in [1.165, 1.54) is 12.3 Å². The van der Waals surface area contributed by atoms with E-state index < -0.39 is 11.7 Å². The van der Waals surface area contributed by atoms with Crippen LogP contribution in [0.3, 0.4) is 0 Å². The summed E-state index contributed by atoms with van der Waals surface area (Å²) in [7, 11) is 0. The zero-order valence-corrected chi connectivity index (χ0v) is 11.7. The fourth-order valence-corrected chi connectivity index (χ4v) is 2.06. The molecule has 2 aromatic rings. The molecule has 0 aliphatic heterocycles. The Morgan fingerprint density at radius 2 is 2.05 bits per heavy atom. The number of hydrogen-bond acceptors (Lipinski definition) is 2. The second-order valence-electron chi connectivity index (χ2n) is 5.26. The van der Waals surface area contributed by atoms with Crippen LogP contribution in [0.2, 0.25) is 0 Å². The van der Waals surface area contributed by atoms with Gasteiger partial charge in [0.05, 0.1) is 11.8 Å². The molecule has 1 heterocycles. The molecular formula is C15H15F3N2O. The van der Waals surface area contributed by atoms with Crippen molar-refractivity contribution in [1.29, 1.82) is 0 Å². The summed E-state index contributed by atoms with van der Waals surface area (Å²) in [4.78, 5) is 11.0. The third kappa shape index (κ3) is 3.51. The highest BCUT2D eigenvalue weighted by molar-refractivity contribution is 5.87. The second kappa shape index (κ2) is 5.71. The summed E-state index contributed by atoms with van der Waals surface area (Å²) >= 11 is 0. The van der Waals surface area contributed by atoms with Gasteiger partial charge in [-0.25, -0.2) is 0 Å². The Bertz CT molecular complexity index is 645. The van der Waals surface area contributed by atoms with Crippen LogP contribution in [-0.2, 0) is 12.7 Å². The minimum atomic E-state index is -4.44. The summed E-state index contributed by atoms with van der Waals surface area (Å²) < 4.78 is 40.0. The molecule has 6 heteroatoms. The first kappa shape index (κ1) is 15.3. The van der Waals surface area contributed by atoms with Crippen molar-refractivity contribution in [3.8, 4) is 11.1 Å². The fourth-order valence-electron chi connectivity index (χ4n) is 2.06. The lowest BCUT2D eigenvalue weighted by Crippen LogP contribution is -2.05. The molecule has 0 unspecified atom stereocenters. The molecule has 0 bridgehead atoms. The van der Waals surface area contributed by atoms with Crippen LogP contribution in [-0.4, -0.2) is 16.1 Å². The standard InChI is InChI=1S/C15H15F3N2O/c1-10(2)7-20-8-12(6-19-20)14-5-13(15(16,17)18)4-3-11(14)9-21/h3-6,8-10H,7H2,1-2H3. The van der Waals surface area contributed by atoms with Gasteiger partial charge in [-0.15, -0.1) is 0 Å². The van der Waals surface area contributed by atoms with Crippen molar-refractivity contribution in [1.82, 2.24) is 9.78 Å². The molecule has 0 aliphatic rings. The van der Waals surface area contributed by atoms with Gasteiger partial charge in [0.15, 0.2) is 6.29 Å². The first-order valence-electron chi connectivity index (χ1n) is 6.50. The molecule has 1 aromatic carbocycles. The topological polar surface area (TPSA) is 34.9 Å². The molecule has 0 atom stereocenters. The maximum absolute atomic E-state index is 12.8. The lowest BCUT2D eigenvalue weighted by Gasteiger charge is -2.10. The van der Waals surface area contributed by atoms with Gasteiger partial charge in [0.1, 0.15) is 0 Å². The highest BCUT2D eigenvalue weighted by Crippen LogP contribution is 2.33. The van der Waals surface area contributed by atoms with Crippen LogP contribution in [0.4, 0.5) is 13.2 Å². The van der Waals surface area contributed by atoms with E-state index in [9.17, 15) is 18.0 Å². The Kier molecular flexibility index (Phi) is 4.16. The van der Waals surface area contributed by atoms with Crippen molar-refractivity contribution < 1.29 is 18.0 Å². The van der Waals surface area contributed by atoms with E-state index in [0.29, 0.717) is 24.3 Å². The normalized spacial score (nSPS) is 11.9. The molecular weight excluding hydrogens is 281 g/mol. The summed E-state index contributed by atoms with van der Waals surface area (Å²) in [6.07, 6.45) is -0.757. The molecule has 0 amide bonds. The number of rotatable bonds is 4. The van der Waals surface area contributed by atoms with Gasteiger partial charge < -0.3 is 0 Å². The Morgan fingerprint density at radius 3 is 2.62 bits per heavy atom. The highest BCUT2D eigenvalue weighted by atomic mass is 19.4. The Labute approximate surface area is 120 Å². The van der Waals surface area contributed by atoms with Crippen LogP contribution < -0.4 is 0 Å². The van der Waals surface area contributed by atoms with E-state index in [1.54, 1.807) is 10.9 Å². The number of carbonyl (C=O) groups excluding carboxylic acids is 1. The SMILES string of the molecule is CC(C)Cn1cc(-c2cc(C(F)(F)F)ccc2C=O)cn1. The lowest BCUT2D eigenvalue weighted by molar-refractivity contribution is -0.137. The number of alkyl halides is 3. The maximum atomic E-state index is 12.8. The van der Waals surface area contributed by atoms with Gasteiger partial charge in [-0.1, -0.05) is 19.9 Å². The molecule has 0 spiro atoms. The minimum Gasteiger partial charge on any atom is -0.298 e. The van der Waals surface area contributed by atoms with Gasteiger partial charge in [-0.3, -0.25) is 9.48 Å². The van der Waals surface area contributed by atoms with Crippen LogP contribution in [0.15, 0.2) is 30.6 Å². The molecule has 2 rings (SSSR count). The molecule has 112 valence electrons. The van der Waals surface area contributed by atoms with E-state index in [-0.39, 0.29) is 11.1 Å². The largest absolute Gasteiger partial charge is 0.416 e. The van der Waals surface area contributed by atoms with Gasteiger partial charge in [-0.05, 0) is 23.6 Å². The number of aromatic nitrogens is 2. The fraction of sp³-hybridized carbons (Fsp3) is 0.333. The van der Waals surface area contributed by atoms with Gasteiger partial charge in [0, 0.05) is 23.9 Å². The summed E-state index contributed by atoms with van der Waals surface area (Å²) in [6.45, 7) is 4.69. The molecule has 3 nitrogen and oxygen atoms in total. The molecule has 0 aliphatic carbocycles. The van der Waals surface area contributed by atoms with Crippen molar-refractivity contribution in [2.45, 2.75) is 26.6 Å². The van der Waals surface area contributed by atoms with Crippen molar-refractivity contribution in [3.63, 3.8) is 0 Å². The van der Waals surface area contributed by atoms with Crippen LogP contribution in [0.25, 0.3) is 11.1 Å². The zero-order chi connectivity index (χ0) is 15.6. The van der Waals surface area contributed by atoms with E-state index in [0.717, 1.165) is 12.1 Å². The van der Waals surface area contributed by atoms with Crippen LogP contribution in [0.1, 0.15) is 29.8 Å². The molecule has 0 saturated carbocycles. The van der Waals surface area contributed by atoms with Crippen molar-refractivity contribution in [3.05, 3.63) is 41.7 Å². The third-order valence-corrected chi connectivity index (χ3v) is 3.00. The average Bonchev–Trinajstić information content (AvgIpc) is 2.84. The lowest BCUT2D eigenvalue weighted by atomic mass is 10.00. The first-order valence-corrected chi connectivity index (χ1v) is 6.50. The third-order valence-electron chi connectivity index (χ3n) is 3.00. The summed E-state index contributed by atoms with van der Waals surface area (Å²) in [6, 6.07) is 3.08. The Morgan fingerprint density at radius 1 is 1.33 bits per heavy atom. The number of halogens is 3. The van der Waals surface area contributed by atoms with Crippen LogP contribution in [0.5, 0.6) is 0 Å². The second-order valence-corrected chi connectivity index (χ2v) is 5.26. The van der Waals surface area contributed by atoms with E-state index in [2.05, 4.69) is 5.10 Å². The number of carbonyl (C=O) groups is 1. The summed E-state index contributed by atoms with van der Waals surface area (Å²) in [5.74, 6) is 0.366. The van der Waals surface area contributed by atoms with Gasteiger partial charge >= 0.3 is 6.18 Å². The maximum Gasteiger partial charge on any atom is 0.416 e. The van der Waals surface area contributed by atoms with Crippen molar-refractivity contribution in [2.75, 3.05) is 0 Å². The van der Waals surface area contributed by atoms with E-state index in [1.807, 2.05) is 13.8 Å². The number of nitrogens with zero attached hydrogens (tertiary/aromatic N) is 2. The highest BCUT2D eigenvalue weighted by Gasteiger charge is 2.31. The molecule has 0 N–H and O–H groups in total.